The van der Waals surface area contributed by atoms with Crippen molar-refractivity contribution in [1.82, 2.24) is 10.2 Å². The second-order valence-electron chi connectivity index (χ2n) is 7.60. The first-order valence-electron chi connectivity index (χ1n) is 10.8. The van der Waals surface area contributed by atoms with Crippen molar-refractivity contribution in [1.29, 1.82) is 0 Å². The fourth-order valence-electron chi connectivity index (χ4n) is 3.15. The molecule has 11 nitrogen and oxygen atoms in total. The molecule has 2 heterocycles. The zero-order valence-electron chi connectivity index (χ0n) is 19.8. The molecule has 1 aromatic heterocycles. The summed E-state index contributed by atoms with van der Waals surface area (Å²) in [4.78, 5) is 49.4. The number of hydrogen-bond donors (Lipinski definition) is 1. The van der Waals surface area contributed by atoms with E-state index in [9.17, 15) is 19.2 Å². The van der Waals surface area contributed by atoms with Gasteiger partial charge in [-0.1, -0.05) is 6.07 Å². The lowest BCUT2D eigenvalue weighted by atomic mass is 10.1. The van der Waals surface area contributed by atoms with Crippen molar-refractivity contribution in [2.24, 2.45) is 0 Å². The number of nitrogens with one attached hydrogen (secondary N) is 1. The van der Waals surface area contributed by atoms with E-state index in [0.717, 1.165) is 4.90 Å². The smallest absolute Gasteiger partial charge is 0.373 e. The molecule has 186 valence electrons. The lowest BCUT2D eigenvalue weighted by molar-refractivity contribution is -0.149. The van der Waals surface area contributed by atoms with E-state index >= 15 is 0 Å². The van der Waals surface area contributed by atoms with Gasteiger partial charge in [-0.05, 0) is 56.7 Å². The van der Waals surface area contributed by atoms with Crippen LogP contribution in [0, 0.1) is 0 Å². The summed E-state index contributed by atoms with van der Waals surface area (Å²) >= 11 is 0. The molecule has 0 atom stereocenters. The van der Waals surface area contributed by atoms with Crippen LogP contribution in [0.1, 0.15) is 42.6 Å². The molecule has 0 bridgehead atoms. The minimum atomic E-state index is -0.664. The lowest BCUT2D eigenvalue weighted by Gasteiger charge is -2.13. The van der Waals surface area contributed by atoms with Gasteiger partial charge in [0.1, 0.15) is 11.5 Å². The van der Waals surface area contributed by atoms with Crippen LogP contribution in [0.5, 0.6) is 11.5 Å². The maximum absolute atomic E-state index is 12.8. The first-order chi connectivity index (χ1) is 16.7. The molecule has 11 heteroatoms. The van der Waals surface area contributed by atoms with Gasteiger partial charge >= 0.3 is 18.0 Å². The summed E-state index contributed by atoms with van der Waals surface area (Å²) in [7, 11) is 1.22. The van der Waals surface area contributed by atoms with Crippen LogP contribution < -0.4 is 14.8 Å². The van der Waals surface area contributed by atoms with E-state index in [1.54, 1.807) is 39.0 Å². The van der Waals surface area contributed by atoms with Crippen LogP contribution in [0.15, 0.2) is 40.4 Å². The fraction of sp³-hybridized carbons (Fsp3) is 0.333. The second-order valence-corrected chi connectivity index (χ2v) is 7.60. The van der Waals surface area contributed by atoms with Crippen molar-refractivity contribution >= 4 is 30.0 Å². The molecule has 0 spiro atoms. The Morgan fingerprint density at radius 2 is 1.89 bits per heavy atom. The van der Waals surface area contributed by atoms with Gasteiger partial charge in [0.2, 0.25) is 5.76 Å². The molecule has 0 saturated carbocycles. The number of methoxy groups -OCH3 is 1. The Morgan fingerprint density at radius 3 is 2.57 bits per heavy atom. The molecule has 35 heavy (non-hydrogen) atoms. The highest BCUT2D eigenvalue weighted by molar-refractivity contribution is 6.13. The molecule has 1 fully saturated rings. The molecule has 0 aliphatic carbocycles. The number of furan rings is 1. The van der Waals surface area contributed by atoms with Crippen LogP contribution in [0.4, 0.5) is 4.79 Å². The van der Waals surface area contributed by atoms with Crippen LogP contribution in [0.25, 0.3) is 6.08 Å². The van der Waals surface area contributed by atoms with E-state index in [4.69, 9.17) is 18.6 Å². The Kier molecular flexibility index (Phi) is 8.13. The van der Waals surface area contributed by atoms with Gasteiger partial charge < -0.3 is 28.7 Å². The van der Waals surface area contributed by atoms with Crippen molar-refractivity contribution in [2.75, 3.05) is 20.3 Å². The van der Waals surface area contributed by atoms with Gasteiger partial charge in [-0.25, -0.2) is 14.4 Å². The van der Waals surface area contributed by atoms with Gasteiger partial charge in [-0.15, -0.1) is 0 Å². The maximum atomic E-state index is 12.8. The van der Waals surface area contributed by atoms with Gasteiger partial charge in [0.25, 0.3) is 5.91 Å². The summed E-state index contributed by atoms with van der Waals surface area (Å²) in [5.74, 6) is -0.844. The molecule has 3 rings (SSSR count). The quantitative estimate of drug-likeness (QED) is 0.306. The molecule has 3 amide bonds. The van der Waals surface area contributed by atoms with Gasteiger partial charge in [-0.2, -0.15) is 0 Å². The fourth-order valence-corrected chi connectivity index (χ4v) is 3.15. The molecule has 0 unspecified atom stereocenters. The van der Waals surface area contributed by atoms with Crippen LogP contribution in [-0.4, -0.2) is 55.2 Å². The monoisotopic (exact) mass is 486 g/mol. The van der Waals surface area contributed by atoms with Crippen LogP contribution in [0.3, 0.4) is 0 Å². The number of amides is 3. The van der Waals surface area contributed by atoms with Crippen molar-refractivity contribution in [3.05, 3.63) is 53.1 Å². The number of nitrogens with zero attached hydrogens (tertiary/aromatic N) is 1. The summed E-state index contributed by atoms with van der Waals surface area (Å²) < 4.78 is 26.1. The summed E-state index contributed by atoms with van der Waals surface area (Å²) in [6, 6.07) is 7.12. The molecule has 1 aliphatic heterocycles. The van der Waals surface area contributed by atoms with E-state index < -0.39 is 23.9 Å². The van der Waals surface area contributed by atoms with E-state index in [1.165, 1.54) is 25.3 Å². The highest BCUT2D eigenvalue weighted by Crippen LogP contribution is 2.30. The molecule has 2 aromatic rings. The highest BCUT2D eigenvalue weighted by atomic mass is 16.6. The first kappa shape index (κ1) is 25.3. The Balaban J connectivity index is 1.73. The molecule has 1 saturated heterocycles. The van der Waals surface area contributed by atoms with Crippen molar-refractivity contribution in [3.63, 3.8) is 0 Å². The average molecular weight is 486 g/mol. The first-order valence-corrected chi connectivity index (χ1v) is 10.8. The summed E-state index contributed by atoms with van der Waals surface area (Å²) in [6.45, 7) is 5.16. The Labute approximate surface area is 201 Å². The van der Waals surface area contributed by atoms with E-state index in [-0.39, 0.29) is 36.5 Å². The number of carbonyl (C=O) groups is 4. The standard InChI is InChI=1S/C24H26N2O9/c1-5-32-20-11-15(6-8-18(20)33-13-21(27)34-14(2)3)10-17-22(28)26(24(30)25-17)12-16-7-9-19(35-16)23(29)31-4/h6-11,14H,5,12-13H2,1-4H3,(H,25,30). The third-order valence-electron chi connectivity index (χ3n) is 4.62. The van der Waals surface area contributed by atoms with E-state index in [2.05, 4.69) is 10.1 Å². The summed E-state index contributed by atoms with van der Waals surface area (Å²) in [5.41, 5.74) is 0.605. The molecule has 0 radical (unpaired) electrons. The van der Waals surface area contributed by atoms with Crippen molar-refractivity contribution in [2.45, 2.75) is 33.4 Å². The van der Waals surface area contributed by atoms with Gasteiger partial charge in [-0.3, -0.25) is 9.69 Å². The van der Waals surface area contributed by atoms with Gasteiger partial charge in [0.05, 0.1) is 26.4 Å². The van der Waals surface area contributed by atoms with Gasteiger partial charge in [0.15, 0.2) is 18.1 Å². The van der Waals surface area contributed by atoms with Crippen LogP contribution >= 0.6 is 0 Å². The molecular weight excluding hydrogens is 460 g/mol. The lowest BCUT2D eigenvalue weighted by Crippen LogP contribution is -2.30. The number of esters is 2. The predicted octanol–water partition coefficient (Wildman–Crippen LogP) is 2.89. The average Bonchev–Trinajstić information content (AvgIpc) is 3.38. The van der Waals surface area contributed by atoms with Crippen LogP contribution in [0.2, 0.25) is 0 Å². The maximum Gasteiger partial charge on any atom is 0.373 e. The minimum Gasteiger partial charge on any atom is -0.490 e. The number of ether oxygens (including phenoxy) is 4. The number of urea groups is 1. The summed E-state index contributed by atoms with van der Waals surface area (Å²) in [5, 5.41) is 2.52. The van der Waals surface area contributed by atoms with E-state index in [0.29, 0.717) is 23.7 Å². The van der Waals surface area contributed by atoms with Crippen molar-refractivity contribution in [3.8, 4) is 11.5 Å². The third kappa shape index (κ3) is 6.40. The largest absolute Gasteiger partial charge is 0.490 e. The minimum absolute atomic E-state index is 0.0337. The number of benzene rings is 1. The van der Waals surface area contributed by atoms with E-state index in [1.807, 2.05) is 0 Å². The zero-order chi connectivity index (χ0) is 25.5. The molecule has 1 aliphatic rings. The predicted molar refractivity (Wildman–Crippen MR) is 121 cm³/mol. The summed E-state index contributed by atoms with van der Waals surface area (Å²) in [6.07, 6.45) is 1.23. The molecule has 1 N–H and O–H groups in total. The number of rotatable bonds is 10. The zero-order valence-corrected chi connectivity index (χ0v) is 19.8. The Hall–Kier alpha value is -4.28. The topological polar surface area (TPSA) is 134 Å². The second kappa shape index (κ2) is 11.2. The Morgan fingerprint density at radius 1 is 1.11 bits per heavy atom. The normalized spacial score (nSPS) is 14.3. The molecule has 1 aromatic carbocycles. The third-order valence-corrected chi connectivity index (χ3v) is 4.62. The van der Waals surface area contributed by atoms with Crippen molar-refractivity contribution < 1.29 is 42.5 Å². The number of hydrogen-bond acceptors (Lipinski definition) is 9. The Bertz CT molecular complexity index is 1150. The SMILES string of the molecule is CCOc1cc(C=C2NC(=O)N(Cc3ccc(C(=O)OC)o3)C2=O)ccc1OCC(=O)OC(C)C. The van der Waals surface area contributed by atoms with Gasteiger partial charge in [0, 0.05) is 0 Å². The highest BCUT2D eigenvalue weighted by Gasteiger charge is 2.34. The number of carbonyl (C=O) groups excluding carboxylic acids is 4. The molecular formula is C24H26N2O9. The van der Waals surface area contributed by atoms with Crippen LogP contribution in [-0.2, 0) is 25.6 Å². The number of imide groups is 1.